The third-order valence-corrected chi connectivity index (χ3v) is 11.3. The summed E-state index contributed by atoms with van der Waals surface area (Å²) in [5, 5.41) is 4.94. The summed E-state index contributed by atoms with van der Waals surface area (Å²) in [5.41, 5.74) is 16.7. The first kappa shape index (κ1) is 32.0. The number of rotatable bonds is 6. The van der Waals surface area contributed by atoms with Crippen LogP contribution in [0.4, 0.5) is 0 Å². The molecule has 0 saturated heterocycles. The van der Waals surface area contributed by atoms with Gasteiger partial charge in [0.25, 0.3) is 0 Å². The first-order chi connectivity index (χ1) is 27.8. The molecule has 0 atom stereocenters. The van der Waals surface area contributed by atoms with Gasteiger partial charge in [-0.1, -0.05) is 170 Å². The van der Waals surface area contributed by atoms with E-state index in [0.717, 1.165) is 11.4 Å². The summed E-state index contributed by atoms with van der Waals surface area (Å²) in [6, 6.07) is 79.4. The Morgan fingerprint density at radius 1 is 0.232 bits per heavy atom. The number of fused-ring (bicyclic) bond motifs is 6. The number of nitrogens with zero attached hydrogens (tertiary/aromatic N) is 2. The molecule has 2 heterocycles. The Labute approximate surface area is 325 Å². The van der Waals surface area contributed by atoms with Gasteiger partial charge in [-0.25, -0.2) is 0 Å². The van der Waals surface area contributed by atoms with E-state index in [9.17, 15) is 0 Å². The molecule has 0 N–H and O–H groups in total. The molecule has 0 fully saturated rings. The van der Waals surface area contributed by atoms with E-state index in [0.29, 0.717) is 0 Å². The molecule has 11 rings (SSSR count). The van der Waals surface area contributed by atoms with Gasteiger partial charge in [-0.15, -0.1) is 0 Å². The zero-order valence-electron chi connectivity index (χ0n) is 30.7. The van der Waals surface area contributed by atoms with E-state index in [1.807, 2.05) is 0 Å². The lowest BCUT2D eigenvalue weighted by molar-refractivity contribution is 1.18. The van der Waals surface area contributed by atoms with Gasteiger partial charge in [-0.05, 0) is 87.5 Å². The van der Waals surface area contributed by atoms with E-state index in [-0.39, 0.29) is 0 Å². The lowest BCUT2D eigenvalue weighted by Crippen LogP contribution is -1.98. The summed E-state index contributed by atoms with van der Waals surface area (Å²) in [4.78, 5) is 0. The molecule has 2 nitrogen and oxygen atoms in total. The van der Waals surface area contributed by atoms with Crippen LogP contribution in [0.3, 0.4) is 0 Å². The smallest absolute Gasteiger partial charge is 0.0549 e. The van der Waals surface area contributed by atoms with E-state index in [1.54, 1.807) is 0 Å². The van der Waals surface area contributed by atoms with Gasteiger partial charge in [0.15, 0.2) is 0 Å². The molecule has 262 valence electrons. The van der Waals surface area contributed by atoms with E-state index < -0.39 is 0 Å². The number of hydrogen-bond acceptors (Lipinski definition) is 0. The zero-order valence-corrected chi connectivity index (χ0v) is 30.7. The molecule has 0 radical (unpaired) electrons. The maximum absolute atomic E-state index is 2.48. The van der Waals surface area contributed by atoms with Gasteiger partial charge in [-0.3, -0.25) is 0 Å². The van der Waals surface area contributed by atoms with Gasteiger partial charge in [0.05, 0.1) is 27.8 Å². The molecule has 0 spiro atoms. The van der Waals surface area contributed by atoms with Crippen molar-refractivity contribution >= 4 is 43.6 Å². The summed E-state index contributed by atoms with van der Waals surface area (Å²) >= 11 is 0. The van der Waals surface area contributed by atoms with Gasteiger partial charge in [0.2, 0.25) is 0 Å². The number of para-hydroxylation sites is 2. The quantitative estimate of drug-likeness (QED) is 0.162. The largest absolute Gasteiger partial charge is 0.309 e. The van der Waals surface area contributed by atoms with Crippen molar-refractivity contribution in [2.75, 3.05) is 0 Å². The minimum absolute atomic E-state index is 1.15. The second kappa shape index (κ2) is 13.2. The molecule has 2 aromatic heterocycles. The summed E-state index contributed by atoms with van der Waals surface area (Å²) in [6.45, 7) is 0. The Balaban J connectivity index is 1.13. The Bertz CT molecular complexity index is 3210. The highest BCUT2D eigenvalue weighted by molar-refractivity contribution is 6.19. The standard InChI is InChI=1S/C54H36N2/c1-4-15-37(16-5-1)39-27-29-40(30-28-39)42-21-14-22-44(33-42)55-50-25-12-10-23-45(50)48-36-54-49(35-53(48)55)46-24-11-13-26-51(46)56(54)52-32-31-43(38-17-6-2-7-18-38)34-47(52)41-19-8-3-9-20-41/h1-36H. The van der Waals surface area contributed by atoms with Crippen LogP contribution in [0, 0.1) is 0 Å². The molecule has 2 heteroatoms. The fraction of sp³-hybridized carbons (Fsp3) is 0. The zero-order chi connectivity index (χ0) is 37.0. The minimum atomic E-state index is 1.15. The molecule has 56 heavy (non-hydrogen) atoms. The summed E-state index contributed by atoms with van der Waals surface area (Å²) in [5.74, 6) is 0. The monoisotopic (exact) mass is 712 g/mol. The highest BCUT2D eigenvalue weighted by Gasteiger charge is 2.20. The van der Waals surface area contributed by atoms with Crippen LogP contribution in [0.15, 0.2) is 218 Å². The molecule has 0 aliphatic rings. The van der Waals surface area contributed by atoms with Crippen molar-refractivity contribution < 1.29 is 0 Å². The highest BCUT2D eigenvalue weighted by atomic mass is 15.0. The highest BCUT2D eigenvalue weighted by Crippen LogP contribution is 2.42. The predicted molar refractivity (Wildman–Crippen MR) is 237 cm³/mol. The first-order valence-corrected chi connectivity index (χ1v) is 19.3. The predicted octanol–water partition coefficient (Wildman–Crippen LogP) is 14.5. The molecule has 0 bridgehead atoms. The molecule has 0 aliphatic heterocycles. The van der Waals surface area contributed by atoms with Crippen molar-refractivity contribution in [1.82, 2.24) is 9.13 Å². The average molecular weight is 713 g/mol. The maximum atomic E-state index is 2.48. The molecule has 0 aliphatic carbocycles. The van der Waals surface area contributed by atoms with Crippen molar-refractivity contribution in [3.8, 4) is 55.9 Å². The van der Waals surface area contributed by atoms with Crippen LogP contribution >= 0.6 is 0 Å². The van der Waals surface area contributed by atoms with Crippen LogP contribution in [-0.2, 0) is 0 Å². The molecule has 9 aromatic carbocycles. The van der Waals surface area contributed by atoms with Gasteiger partial charge in [0.1, 0.15) is 0 Å². The van der Waals surface area contributed by atoms with E-state index in [2.05, 4.69) is 228 Å². The average Bonchev–Trinajstić information content (AvgIpc) is 3.78. The van der Waals surface area contributed by atoms with Gasteiger partial charge < -0.3 is 9.13 Å². The second-order valence-corrected chi connectivity index (χ2v) is 14.5. The van der Waals surface area contributed by atoms with E-state index >= 15 is 0 Å². The van der Waals surface area contributed by atoms with Crippen LogP contribution in [0.1, 0.15) is 0 Å². The minimum Gasteiger partial charge on any atom is -0.309 e. The van der Waals surface area contributed by atoms with Crippen LogP contribution in [0.5, 0.6) is 0 Å². The fourth-order valence-electron chi connectivity index (χ4n) is 8.67. The lowest BCUT2D eigenvalue weighted by atomic mass is 9.97. The Morgan fingerprint density at radius 2 is 0.661 bits per heavy atom. The van der Waals surface area contributed by atoms with Gasteiger partial charge in [-0.2, -0.15) is 0 Å². The Hall–Kier alpha value is -7.42. The maximum Gasteiger partial charge on any atom is 0.0549 e. The topological polar surface area (TPSA) is 9.86 Å². The Morgan fingerprint density at radius 3 is 1.29 bits per heavy atom. The van der Waals surface area contributed by atoms with Gasteiger partial charge in [0, 0.05) is 32.8 Å². The second-order valence-electron chi connectivity index (χ2n) is 14.5. The number of aromatic nitrogens is 2. The van der Waals surface area contributed by atoms with Crippen molar-refractivity contribution in [3.63, 3.8) is 0 Å². The molecule has 0 amide bonds. The van der Waals surface area contributed by atoms with Crippen molar-refractivity contribution in [3.05, 3.63) is 218 Å². The first-order valence-electron chi connectivity index (χ1n) is 19.3. The van der Waals surface area contributed by atoms with Crippen LogP contribution in [0.2, 0.25) is 0 Å². The summed E-state index contributed by atoms with van der Waals surface area (Å²) in [7, 11) is 0. The van der Waals surface area contributed by atoms with Crippen molar-refractivity contribution in [1.29, 1.82) is 0 Å². The summed E-state index contributed by atoms with van der Waals surface area (Å²) < 4.78 is 4.93. The third-order valence-electron chi connectivity index (χ3n) is 11.3. The normalized spacial score (nSPS) is 11.6. The number of benzene rings is 9. The molecular weight excluding hydrogens is 677 g/mol. The fourth-order valence-corrected chi connectivity index (χ4v) is 8.67. The van der Waals surface area contributed by atoms with Crippen LogP contribution < -0.4 is 0 Å². The Kier molecular flexibility index (Phi) is 7.53. The lowest BCUT2D eigenvalue weighted by Gasteiger charge is -2.16. The van der Waals surface area contributed by atoms with E-state index in [4.69, 9.17) is 0 Å². The SMILES string of the molecule is c1ccc(-c2ccc(-c3cccc(-n4c5ccccc5c5cc6c(cc54)c4ccccc4n6-c4ccc(-c5ccccc5)cc4-c4ccccc4)c3)cc2)cc1. The van der Waals surface area contributed by atoms with Crippen molar-refractivity contribution in [2.24, 2.45) is 0 Å². The molecule has 0 unspecified atom stereocenters. The summed E-state index contributed by atoms with van der Waals surface area (Å²) in [6.07, 6.45) is 0. The van der Waals surface area contributed by atoms with Crippen LogP contribution in [-0.4, -0.2) is 9.13 Å². The van der Waals surface area contributed by atoms with Gasteiger partial charge >= 0.3 is 0 Å². The third kappa shape index (κ3) is 5.26. The molecule has 0 saturated carbocycles. The molecular formula is C54H36N2. The molecule has 11 aromatic rings. The van der Waals surface area contributed by atoms with Crippen molar-refractivity contribution in [2.45, 2.75) is 0 Å². The van der Waals surface area contributed by atoms with Crippen LogP contribution in [0.25, 0.3) is 99.5 Å². The number of hydrogen-bond donors (Lipinski definition) is 0. The van der Waals surface area contributed by atoms with E-state index in [1.165, 1.54) is 88.1 Å².